The van der Waals surface area contributed by atoms with E-state index < -0.39 is 4.92 Å². The molecule has 1 aromatic heterocycles. The average Bonchev–Trinajstić information content (AvgIpc) is 2.86. The Hall–Kier alpha value is -1.96. The van der Waals surface area contributed by atoms with Gasteiger partial charge < -0.3 is 10.1 Å². The number of urea groups is 1. The van der Waals surface area contributed by atoms with Crippen LogP contribution in [0.2, 0.25) is 0 Å². The van der Waals surface area contributed by atoms with Crippen LogP contribution in [0.5, 0.6) is 0 Å². The maximum atomic E-state index is 12.1. The fourth-order valence-corrected chi connectivity index (χ4v) is 2.19. The first-order chi connectivity index (χ1) is 8.42. The standard InChI is InChI=1S/C10H15N5O3/c1-13-7-8(9(12-13)14(17)18)11-10(16)15(2)5-3-4-6-15/h7H,3-6H2,1-2H3/p+1. The van der Waals surface area contributed by atoms with Crippen LogP contribution in [-0.2, 0) is 7.05 Å². The zero-order chi connectivity index (χ0) is 13.3. The van der Waals surface area contributed by atoms with E-state index in [9.17, 15) is 14.9 Å². The lowest BCUT2D eigenvalue weighted by molar-refractivity contribution is -0.814. The van der Waals surface area contributed by atoms with Crippen LogP contribution >= 0.6 is 0 Å². The zero-order valence-electron chi connectivity index (χ0n) is 10.4. The number of carbonyl (C=O) groups is 1. The summed E-state index contributed by atoms with van der Waals surface area (Å²) < 4.78 is 1.59. The Kier molecular flexibility index (Phi) is 3.04. The fourth-order valence-electron chi connectivity index (χ4n) is 2.19. The highest BCUT2D eigenvalue weighted by molar-refractivity contribution is 5.86. The highest BCUT2D eigenvalue weighted by Crippen LogP contribution is 2.24. The molecule has 0 atom stereocenters. The Labute approximate surface area is 104 Å². The van der Waals surface area contributed by atoms with Gasteiger partial charge in [0.1, 0.15) is 0 Å². The van der Waals surface area contributed by atoms with Crippen molar-refractivity contribution in [3.63, 3.8) is 0 Å². The third kappa shape index (κ3) is 2.19. The summed E-state index contributed by atoms with van der Waals surface area (Å²) in [5.74, 6) is -0.323. The number of nitro groups is 1. The Morgan fingerprint density at radius 3 is 2.72 bits per heavy atom. The summed E-state index contributed by atoms with van der Waals surface area (Å²) in [6.07, 6.45) is 3.44. The molecule has 1 aliphatic rings. The number of hydrogen-bond donors (Lipinski definition) is 1. The molecule has 1 saturated heterocycles. The molecule has 0 bridgehead atoms. The fraction of sp³-hybridized carbons (Fsp3) is 0.600. The number of nitrogens with zero attached hydrogens (tertiary/aromatic N) is 4. The molecule has 18 heavy (non-hydrogen) atoms. The van der Waals surface area contributed by atoms with Crippen molar-refractivity contribution in [1.29, 1.82) is 0 Å². The average molecular weight is 254 g/mol. The van der Waals surface area contributed by atoms with Crippen molar-refractivity contribution in [3.8, 4) is 0 Å². The first kappa shape index (κ1) is 12.5. The first-order valence-electron chi connectivity index (χ1n) is 5.76. The Balaban J connectivity index is 2.19. The predicted octanol–water partition coefficient (Wildman–Crippen LogP) is 1.10. The molecule has 8 nitrogen and oxygen atoms in total. The number of amides is 2. The monoisotopic (exact) mass is 254 g/mol. The van der Waals surface area contributed by atoms with E-state index in [1.165, 1.54) is 10.9 Å². The van der Waals surface area contributed by atoms with Crippen LogP contribution in [0.1, 0.15) is 12.8 Å². The van der Waals surface area contributed by atoms with Crippen LogP contribution in [-0.4, -0.2) is 45.4 Å². The minimum Gasteiger partial charge on any atom is -0.358 e. The van der Waals surface area contributed by atoms with E-state index in [-0.39, 0.29) is 22.0 Å². The Morgan fingerprint density at radius 2 is 2.17 bits per heavy atom. The second-order valence-electron chi connectivity index (χ2n) is 4.78. The van der Waals surface area contributed by atoms with Crippen molar-refractivity contribution < 1.29 is 14.2 Å². The van der Waals surface area contributed by atoms with Gasteiger partial charge in [-0.15, -0.1) is 0 Å². The topological polar surface area (TPSA) is 90.1 Å². The van der Waals surface area contributed by atoms with Gasteiger partial charge in [-0.05, 0) is 4.92 Å². The molecule has 2 heterocycles. The highest BCUT2D eigenvalue weighted by atomic mass is 16.6. The van der Waals surface area contributed by atoms with Crippen LogP contribution in [0.4, 0.5) is 16.3 Å². The van der Waals surface area contributed by atoms with E-state index in [1.807, 2.05) is 7.05 Å². The number of quaternary nitrogens is 1. The molecule has 1 N–H and O–H groups in total. The van der Waals surface area contributed by atoms with Crippen molar-refractivity contribution in [1.82, 2.24) is 9.78 Å². The van der Waals surface area contributed by atoms with E-state index in [1.54, 1.807) is 7.05 Å². The largest absolute Gasteiger partial charge is 0.421 e. The summed E-state index contributed by atoms with van der Waals surface area (Å²) in [5, 5.41) is 17.1. The number of nitrogens with one attached hydrogen (secondary N) is 1. The molecule has 98 valence electrons. The first-order valence-corrected chi connectivity index (χ1v) is 5.76. The number of carbonyl (C=O) groups excluding carboxylic acids is 1. The van der Waals surface area contributed by atoms with Gasteiger partial charge in [-0.2, -0.15) is 4.68 Å². The zero-order valence-corrected chi connectivity index (χ0v) is 10.4. The lowest BCUT2D eigenvalue weighted by Gasteiger charge is -2.25. The van der Waals surface area contributed by atoms with Gasteiger partial charge in [0.25, 0.3) is 0 Å². The summed E-state index contributed by atoms with van der Waals surface area (Å²) in [4.78, 5) is 22.3. The summed E-state index contributed by atoms with van der Waals surface area (Å²) in [6, 6.07) is -0.219. The SMILES string of the molecule is Cn1cc(NC(=O)[N+]2(C)CCCC2)c([N+](=O)[O-])n1. The van der Waals surface area contributed by atoms with E-state index in [0.717, 1.165) is 25.9 Å². The van der Waals surface area contributed by atoms with Crippen molar-refractivity contribution >= 4 is 17.5 Å². The third-order valence-electron chi connectivity index (χ3n) is 3.27. The normalized spacial score (nSPS) is 17.7. The number of likely N-dealkylation sites (tertiary alicyclic amines) is 1. The van der Waals surface area contributed by atoms with Crippen molar-refractivity contribution in [3.05, 3.63) is 16.3 Å². The van der Waals surface area contributed by atoms with Crippen LogP contribution in [0.3, 0.4) is 0 Å². The number of aromatic nitrogens is 2. The molecule has 0 aromatic carbocycles. The van der Waals surface area contributed by atoms with E-state index >= 15 is 0 Å². The lowest BCUT2D eigenvalue weighted by Crippen LogP contribution is -2.49. The summed E-state index contributed by atoms with van der Waals surface area (Å²) in [6.45, 7) is 1.53. The number of aryl methyl sites for hydroxylation is 1. The maximum absolute atomic E-state index is 12.1. The van der Waals surface area contributed by atoms with Crippen molar-refractivity contribution in [2.24, 2.45) is 7.05 Å². The van der Waals surface area contributed by atoms with E-state index in [0.29, 0.717) is 0 Å². The molecular formula is C10H16N5O3+. The molecule has 1 aliphatic heterocycles. The van der Waals surface area contributed by atoms with Crippen LogP contribution in [0.25, 0.3) is 0 Å². The van der Waals surface area contributed by atoms with Gasteiger partial charge in [0.2, 0.25) is 0 Å². The molecule has 0 radical (unpaired) electrons. The van der Waals surface area contributed by atoms with E-state index in [2.05, 4.69) is 10.4 Å². The Morgan fingerprint density at radius 1 is 1.56 bits per heavy atom. The van der Waals surface area contributed by atoms with E-state index in [4.69, 9.17) is 0 Å². The predicted molar refractivity (Wildman–Crippen MR) is 64.0 cm³/mol. The third-order valence-corrected chi connectivity index (χ3v) is 3.27. The smallest absolute Gasteiger partial charge is 0.358 e. The van der Waals surface area contributed by atoms with Crippen LogP contribution in [0, 0.1) is 10.1 Å². The summed E-state index contributed by atoms with van der Waals surface area (Å²) >= 11 is 0. The van der Waals surface area contributed by atoms with Crippen LogP contribution < -0.4 is 5.32 Å². The Bertz CT molecular complexity index is 490. The quantitative estimate of drug-likeness (QED) is 0.486. The molecule has 0 aliphatic carbocycles. The minimum absolute atomic E-state index is 0.152. The van der Waals surface area contributed by atoms with Gasteiger partial charge in [-0.3, -0.25) is 5.32 Å². The number of hydrogen-bond acceptors (Lipinski definition) is 4. The molecule has 0 saturated carbocycles. The molecule has 8 heteroatoms. The highest BCUT2D eigenvalue weighted by Gasteiger charge is 2.37. The minimum atomic E-state index is -0.598. The lowest BCUT2D eigenvalue weighted by atomic mass is 10.4. The van der Waals surface area contributed by atoms with Gasteiger partial charge in [0, 0.05) is 12.8 Å². The molecule has 2 amide bonds. The van der Waals surface area contributed by atoms with Gasteiger partial charge in [-0.25, -0.2) is 9.28 Å². The van der Waals surface area contributed by atoms with Crippen molar-refractivity contribution in [2.75, 3.05) is 25.5 Å². The molecule has 1 fully saturated rings. The summed E-state index contributed by atoms with van der Waals surface area (Å²) in [5.41, 5.74) is 0.152. The number of anilines is 1. The molecule has 2 rings (SSSR count). The van der Waals surface area contributed by atoms with Gasteiger partial charge in [0.15, 0.2) is 5.69 Å². The molecule has 1 aromatic rings. The molecular weight excluding hydrogens is 238 g/mol. The second kappa shape index (κ2) is 4.37. The van der Waals surface area contributed by atoms with Gasteiger partial charge in [-0.1, -0.05) is 0 Å². The summed E-state index contributed by atoms with van der Waals surface area (Å²) in [7, 11) is 3.42. The molecule has 0 unspecified atom stereocenters. The van der Waals surface area contributed by atoms with Crippen LogP contribution in [0.15, 0.2) is 6.20 Å². The molecule has 0 spiro atoms. The van der Waals surface area contributed by atoms with Gasteiger partial charge >= 0.3 is 11.8 Å². The second-order valence-corrected chi connectivity index (χ2v) is 4.78. The number of rotatable bonds is 2. The van der Waals surface area contributed by atoms with Crippen molar-refractivity contribution in [2.45, 2.75) is 12.8 Å². The van der Waals surface area contributed by atoms with Gasteiger partial charge in [0.05, 0.1) is 38.5 Å². The maximum Gasteiger partial charge on any atom is 0.421 e.